The van der Waals surface area contributed by atoms with E-state index in [0.717, 1.165) is 16.7 Å². The number of hydrogen-bond donors (Lipinski definition) is 2. The maximum absolute atomic E-state index is 11.2. The third-order valence-corrected chi connectivity index (χ3v) is 4.58. The Kier molecular flexibility index (Phi) is 4.47. The molecule has 1 unspecified atom stereocenters. The topological polar surface area (TPSA) is 80.7 Å². The highest BCUT2D eigenvalue weighted by molar-refractivity contribution is 6.32. The van der Waals surface area contributed by atoms with Gasteiger partial charge in [0.1, 0.15) is 10.8 Å². The van der Waals surface area contributed by atoms with Crippen LogP contribution in [0.15, 0.2) is 30.5 Å². The molecule has 0 radical (unpaired) electrons. The largest absolute Gasteiger partial charge is 0.493 e. The summed E-state index contributed by atoms with van der Waals surface area (Å²) in [5, 5.41) is 12.2. The summed E-state index contributed by atoms with van der Waals surface area (Å²) >= 11 is 6.15. The first-order valence-corrected chi connectivity index (χ1v) is 8.16. The van der Waals surface area contributed by atoms with E-state index in [0.29, 0.717) is 23.3 Å². The fourth-order valence-electron chi connectivity index (χ4n) is 2.98. The van der Waals surface area contributed by atoms with E-state index in [1.165, 1.54) is 7.11 Å². The lowest BCUT2D eigenvalue weighted by atomic mass is 9.78. The monoisotopic (exact) mass is 362 g/mol. The van der Waals surface area contributed by atoms with Crippen LogP contribution in [0.25, 0.3) is 11.1 Å². The fraction of sp³-hybridized carbons (Fsp3) is 0.333. The summed E-state index contributed by atoms with van der Waals surface area (Å²) in [4.78, 5) is 15.3. The van der Waals surface area contributed by atoms with Crippen molar-refractivity contribution in [2.75, 3.05) is 13.7 Å². The Morgan fingerprint density at radius 1 is 1.40 bits per heavy atom. The van der Waals surface area contributed by atoms with Crippen LogP contribution in [0, 0.1) is 5.41 Å². The molecule has 0 fully saturated rings. The van der Waals surface area contributed by atoms with Gasteiger partial charge >= 0.3 is 6.09 Å². The van der Waals surface area contributed by atoms with Gasteiger partial charge in [0.2, 0.25) is 5.88 Å². The van der Waals surface area contributed by atoms with Crippen molar-refractivity contribution >= 4 is 17.7 Å². The molecule has 0 spiro atoms. The van der Waals surface area contributed by atoms with E-state index in [1.54, 1.807) is 12.3 Å². The zero-order valence-electron chi connectivity index (χ0n) is 14.2. The van der Waals surface area contributed by atoms with Gasteiger partial charge in [0, 0.05) is 22.7 Å². The van der Waals surface area contributed by atoms with Gasteiger partial charge in [0.15, 0.2) is 0 Å². The van der Waals surface area contributed by atoms with Crippen LogP contribution < -0.4 is 14.8 Å². The number of carboxylic acid groups (broad SMARTS) is 1. The second-order valence-corrected chi connectivity index (χ2v) is 7.03. The van der Waals surface area contributed by atoms with Gasteiger partial charge < -0.3 is 19.9 Å². The molecule has 0 bridgehead atoms. The van der Waals surface area contributed by atoms with Crippen LogP contribution in [0.2, 0.25) is 5.02 Å². The Labute approximate surface area is 150 Å². The number of amides is 1. The van der Waals surface area contributed by atoms with Gasteiger partial charge in [-0.05, 0) is 17.7 Å². The quantitative estimate of drug-likeness (QED) is 0.857. The predicted molar refractivity (Wildman–Crippen MR) is 94.4 cm³/mol. The molecule has 2 heterocycles. The normalized spacial score (nSPS) is 18.0. The van der Waals surface area contributed by atoms with Crippen LogP contribution in [-0.4, -0.2) is 29.9 Å². The van der Waals surface area contributed by atoms with Gasteiger partial charge in [-0.15, -0.1) is 0 Å². The lowest BCUT2D eigenvalue weighted by molar-refractivity contribution is 0.0996. The van der Waals surface area contributed by atoms with Crippen LogP contribution in [0.4, 0.5) is 4.79 Å². The molecule has 3 rings (SSSR count). The molecule has 1 aliphatic heterocycles. The Balaban J connectivity index is 2.00. The lowest BCUT2D eigenvalue weighted by Gasteiger charge is -2.39. The highest BCUT2D eigenvalue weighted by atomic mass is 35.5. The molecule has 2 aromatic rings. The molecular weight excluding hydrogens is 344 g/mol. The first-order chi connectivity index (χ1) is 11.8. The number of benzene rings is 1. The summed E-state index contributed by atoms with van der Waals surface area (Å²) < 4.78 is 10.9. The van der Waals surface area contributed by atoms with Gasteiger partial charge in [-0.3, -0.25) is 0 Å². The Bertz CT molecular complexity index is 823. The maximum Gasteiger partial charge on any atom is 0.405 e. The predicted octanol–water partition coefficient (Wildman–Crippen LogP) is 4.14. The third kappa shape index (κ3) is 3.35. The molecule has 0 saturated carbocycles. The van der Waals surface area contributed by atoms with Crippen molar-refractivity contribution in [2.24, 2.45) is 5.41 Å². The number of halogens is 1. The molecule has 0 aliphatic carbocycles. The molecular formula is C18H19ClN2O4. The van der Waals surface area contributed by atoms with Crippen molar-refractivity contribution in [1.82, 2.24) is 10.3 Å². The lowest BCUT2D eigenvalue weighted by Crippen LogP contribution is -2.43. The van der Waals surface area contributed by atoms with Gasteiger partial charge in [-0.25, -0.2) is 9.78 Å². The fourth-order valence-corrected chi connectivity index (χ4v) is 3.22. The van der Waals surface area contributed by atoms with Crippen molar-refractivity contribution < 1.29 is 19.4 Å². The highest BCUT2D eigenvalue weighted by Gasteiger charge is 2.38. The molecule has 25 heavy (non-hydrogen) atoms. The summed E-state index contributed by atoms with van der Waals surface area (Å²) in [5.41, 5.74) is 2.17. The van der Waals surface area contributed by atoms with Crippen molar-refractivity contribution in [1.29, 1.82) is 0 Å². The zero-order chi connectivity index (χ0) is 18.2. The minimum Gasteiger partial charge on any atom is -0.493 e. The number of pyridine rings is 1. The average molecular weight is 363 g/mol. The SMILES string of the molecule is COc1ncc(-c2ccc3c(c2)OCC(C)(C)C3NC(=O)O)cc1Cl. The highest BCUT2D eigenvalue weighted by Crippen LogP contribution is 2.44. The van der Waals surface area contributed by atoms with Crippen LogP contribution in [0.5, 0.6) is 11.6 Å². The van der Waals surface area contributed by atoms with E-state index in [-0.39, 0.29) is 11.5 Å². The number of rotatable bonds is 3. The summed E-state index contributed by atoms with van der Waals surface area (Å²) in [5.74, 6) is 1.02. The standard InChI is InChI=1S/C18H19ClN2O4/c1-18(2)9-25-14-7-10(4-5-12(14)15(18)21-17(22)23)11-6-13(19)16(24-3)20-8-11/h4-8,15,21H,9H2,1-3H3,(H,22,23). The maximum atomic E-state index is 11.2. The van der Waals surface area contributed by atoms with Gasteiger partial charge in [0.25, 0.3) is 0 Å². The molecule has 1 amide bonds. The minimum atomic E-state index is -1.05. The summed E-state index contributed by atoms with van der Waals surface area (Å²) in [6, 6.07) is 7.08. The van der Waals surface area contributed by atoms with E-state index in [1.807, 2.05) is 32.0 Å². The van der Waals surface area contributed by atoms with Gasteiger partial charge in [-0.2, -0.15) is 0 Å². The Morgan fingerprint density at radius 2 is 2.16 bits per heavy atom. The van der Waals surface area contributed by atoms with E-state index < -0.39 is 6.09 Å². The molecule has 1 aliphatic rings. The molecule has 2 N–H and O–H groups in total. The summed E-state index contributed by atoms with van der Waals surface area (Å²) in [6.07, 6.45) is 0.618. The number of hydrogen-bond acceptors (Lipinski definition) is 4. The van der Waals surface area contributed by atoms with Gasteiger partial charge in [-0.1, -0.05) is 37.6 Å². The smallest absolute Gasteiger partial charge is 0.405 e. The zero-order valence-corrected chi connectivity index (χ0v) is 14.9. The second-order valence-electron chi connectivity index (χ2n) is 6.63. The van der Waals surface area contributed by atoms with Crippen LogP contribution in [0.1, 0.15) is 25.5 Å². The minimum absolute atomic E-state index is 0.347. The van der Waals surface area contributed by atoms with E-state index >= 15 is 0 Å². The Morgan fingerprint density at radius 3 is 2.80 bits per heavy atom. The number of carbonyl (C=O) groups is 1. The summed E-state index contributed by atoms with van der Waals surface area (Å²) in [7, 11) is 1.51. The molecule has 7 heteroatoms. The van der Waals surface area contributed by atoms with E-state index in [4.69, 9.17) is 26.2 Å². The van der Waals surface area contributed by atoms with Gasteiger partial charge in [0.05, 0.1) is 19.8 Å². The third-order valence-electron chi connectivity index (χ3n) is 4.31. The number of nitrogens with zero attached hydrogens (tertiary/aromatic N) is 1. The van der Waals surface area contributed by atoms with Crippen LogP contribution >= 0.6 is 11.6 Å². The molecule has 132 valence electrons. The number of ether oxygens (including phenoxy) is 2. The van der Waals surface area contributed by atoms with Crippen molar-refractivity contribution in [3.05, 3.63) is 41.0 Å². The second kappa shape index (κ2) is 6.44. The van der Waals surface area contributed by atoms with Crippen LogP contribution in [0.3, 0.4) is 0 Å². The molecule has 6 nitrogen and oxygen atoms in total. The van der Waals surface area contributed by atoms with Crippen molar-refractivity contribution in [3.63, 3.8) is 0 Å². The molecule has 0 saturated heterocycles. The van der Waals surface area contributed by atoms with E-state index in [2.05, 4.69) is 10.3 Å². The number of nitrogens with one attached hydrogen (secondary N) is 1. The molecule has 1 aromatic heterocycles. The van der Waals surface area contributed by atoms with Crippen molar-refractivity contribution in [3.8, 4) is 22.8 Å². The van der Waals surface area contributed by atoms with Crippen molar-refractivity contribution in [2.45, 2.75) is 19.9 Å². The molecule has 1 aromatic carbocycles. The first-order valence-electron chi connectivity index (χ1n) is 7.78. The average Bonchev–Trinajstić information content (AvgIpc) is 2.57. The summed E-state index contributed by atoms with van der Waals surface area (Å²) in [6.45, 7) is 4.35. The Hall–Kier alpha value is -2.47. The first kappa shape index (κ1) is 17.4. The number of fused-ring (bicyclic) bond motifs is 1. The molecule has 1 atom stereocenters. The number of aromatic nitrogens is 1. The number of methoxy groups -OCH3 is 1. The van der Waals surface area contributed by atoms with Crippen LogP contribution in [-0.2, 0) is 0 Å². The van der Waals surface area contributed by atoms with E-state index in [9.17, 15) is 4.79 Å².